The summed E-state index contributed by atoms with van der Waals surface area (Å²) in [7, 11) is 1.71. The lowest BCUT2D eigenvalue weighted by Crippen LogP contribution is -2.62. The van der Waals surface area contributed by atoms with Crippen molar-refractivity contribution in [1.82, 2.24) is 25.8 Å². The molecule has 240 valence electrons. The molecule has 2 fully saturated rings. The van der Waals surface area contributed by atoms with Crippen molar-refractivity contribution in [2.45, 2.75) is 90.5 Å². The number of rotatable bonds is 9. The van der Waals surface area contributed by atoms with E-state index in [-0.39, 0.29) is 30.6 Å². The van der Waals surface area contributed by atoms with Crippen LogP contribution in [0.2, 0.25) is 0 Å². The van der Waals surface area contributed by atoms with Crippen LogP contribution in [-0.4, -0.2) is 95.6 Å². The van der Waals surface area contributed by atoms with E-state index in [0.29, 0.717) is 24.3 Å². The van der Waals surface area contributed by atoms with Crippen LogP contribution in [0.4, 0.5) is 21.0 Å². The Labute approximate surface area is 260 Å². The molecule has 0 aliphatic carbocycles. The average molecular weight is 609 g/mol. The minimum Gasteiger partial charge on any atom is -0.442 e. The number of hydrogen-bond acceptors (Lipinski definition) is 7. The zero-order valence-electron chi connectivity index (χ0n) is 26.9. The fraction of sp³-hybridized carbons (Fsp3) is 0.545. The molecule has 4 N–H and O–H groups in total. The van der Waals surface area contributed by atoms with Gasteiger partial charge in [-0.2, -0.15) is 0 Å². The maximum atomic E-state index is 14.0. The van der Waals surface area contributed by atoms with Gasteiger partial charge in [-0.25, -0.2) is 14.5 Å². The number of ether oxygens (including phenoxy) is 1. The number of aliphatic hydroxyl groups is 1. The first-order valence-corrected chi connectivity index (χ1v) is 15.4. The number of urea groups is 1. The summed E-state index contributed by atoms with van der Waals surface area (Å²) in [5.41, 5.74) is 0.785. The highest BCUT2D eigenvalue weighted by Crippen LogP contribution is 2.38. The molecule has 0 radical (unpaired) electrons. The fourth-order valence-electron chi connectivity index (χ4n) is 6.08. The van der Waals surface area contributed by atoms with Crippen LogP contribution < -0.4 is 20.9 Å². The summed E-state index contributed by atoms with van der Waals surface area (Å²) in [6.07, 6.45) is -1.82. The van der Waals surface area contributed by atoms with E-state index < -0.39 is 42.0 Å². The van der Waals surface area contributed by atoms with E-state index in [9.17, 15) is 19.5 Å². The molecule has 2 aromatic rings. The Kier molecular flexibility index (Phi) is 10.5. The number of carbonyl (C=O) groups is 3. The molecule has 4 rings (SSSR count). The Morgan fingerprint density at radius 1 is 0.955 bits per heavy atom. The van der Waals surface area contributed by atoms with Crippen LogP contribution in [0.25, 0.3) is 0 Å². The molecule has 2 aromatic carbocycles. The van der Waals surface area contributed by atoms with Gasteiger partial charge in [0.2, 0.25) is 5.91 Å². The monoisotopic (exact) mass is 608 g/mol. The number of benzene rings is 2. The SMILES string of the molecule is CNC(C)C(=O)NC(C(O)N1CCC2C1C(OC(=O)N(c1ccccc1)c1ccccc1)CN2C(=O)NC(C)C)C(C)(C)C. The number of fused-ring (bicyclic) bond motifs is 1. The quantitative estimate of drug-likeness (QED) is 0.342. The fourth-order valence-corrected chi connectivity index (χ4v) is 6.08. The van der Waals surface area contributed by atoms with Crippen LogP contribution in [0.1, 0.15) is 48.0 Å². The van der Waals surface area contributed by atoms with Crippen LogP contribution in [0, 0.1) is 5.41 Å². The minimum absolute atomic E-state index is 0.0769. The van der Waals surface area contributed by atoms with Crippen LogP contribution in [0.5, 0.6) is 0 Å². The van der Waals surface area contributed by atoms with Crippen molar-refractivity contribution in [3.63, 3.8) is 0 Å². The Morgan fingerprint density at radius 3 is 2.02 bits per heavy atom. The molecule has 2 aliphatic rings. The summed E-state index contributed by atoms with van der Waals surface area (Å²) in [6, 6.07) is 16.3. The molecular weight excluding hydrogens is 560 g/mol. The third-order valence-corrected chi connectivity index (χ3v) is 8.45. The first-order chi connectivity index (χ1) is 20.8. The summed E-state index contributed by atoms with van der Waals surface area (Å²) in [5.74, 6) is -0.226. The molecule has 0 spiro atoms. The van der Waals surface area contributed by atoms with Crippen molar-refractivity contribution in [2.24, 2.45) is 5.41 Å². The number of amides is 4. The van der Waals surface area contributed by atoms with Gasteiger partial charge in [-0.05, 0) is 63.9 Å². The molecule has 2 saturated heterocycles. The predicted molar refractivity (Wildman–Crippen MR) is 170 cm³/mol. The van der Waals surface area contributed by atoms with Gasteiger partial charge >= 0.3 is 12.1 Å². The van der Waals surface area contributed by atoms with Gasteiger partial charge in [0, 0.05) is 12.6 Å². The number of aliphatic hydroxyl groups excluding tert-OH is 1. The van der Waals surface area contributed by atoms with E-state index in [0.717, 1.165) is 0 Å². The van der Waals surface area contributed by atoms with Crippen molar-refractivity contribution < 1.29 is 24.2 Å². The lowest BCUT2D eigenvalue weighted by Gasteiger charge is -2.42. The number of nitrogens with one attached hydrogen (secondary N) is 3. The third kappa shape index (κ3) is 7.34. The lowest BCUT2D eigenvalue weighted by molar-refractivity contribution is -0.129. The summed E-state index contributed by atoms with van der Waals surface area (Å²) in [5, 5.41) is 20.9. The smallest absolute Gasteiger partial charge is 0.419 e. The second-order valence-corrected chi connectivity index (χ2v) is 13.0. The molecule has 2 aliphatic heterocycles. The molecule has 4 amide bonds. The summed E-state index contributed by atoms with van der Waals surface area (Å²) in [6.45, 7) is 12.1. The first-order valence-electron chi connectivity index (χ1n) is 15.4. The zero-order valence-corrected chi connectivity index (χ0v) is 26.9. The molecule has 11 heteroatoms. The maximum Gasteiger partial charge on any atom is 0.419 e. The minimum atomic E-state index is -1.09. The number of likely N-dealkylation sites (tertiary alicyclic amines) is 2. The number of carbonyl (C=O) groups excluding carboxylic acids is 3. The topological polar surface area (TPSA) is 126 Å². The number of nitrogens with zero attached hydrogens (tertiary/aromatic N) is 3. The molecule has 6 unspecified atom stereocenters. The van der Waals surface area contributed by atoms with Gasteiger partial charge < -0.3 is 30.7 Å². The van der Waals surface area contributed by atoms with E-state index in [1.807, 2.05) is 100 Å². The van der Waals surface area contributed by atoms with Crippen LogP contribution in [0.3, 0.4) is 0 Å². The molecule has 0 bridgehead atoms. The average Bonchev–Trinajstić information content (AvgIpc) is 3.57. The Bertz CT molecular complexity index is 1230. The molecule has 2 heterocycles. The highest BCUT2D eigenvalue weighted by molar-refractivity contribution is 5.96. The number of likely N-dealkylation sites (N-methyl/N-ethyl adjacent to an activating group) is 1. The van der Waals surface area contributed by atoms with Gasteiger partial charge in [0.15, 0.2) is 0 Å². The second-order valence-electron chi connectivity index (χ2n) is 13.0. The van der Waals surface area contributed by atoms with Crippen LogP contribution in [-0.2, 0) is 9.53 Å². The lowest BCUT2D eigenvalue weighted by atomic mass is 9.84. The van der Waals surface area contributed by atoms with Gasteiger partial charge in [0.25, 0.3) is 0 Å². The van der Waals surface area contributed by atoms with Crippen molar-refractivity contribution >= 4 is 29.4 Å². The molecule has 0 aromatic heterocycles. The molecule has 0 saturated carbocycles. The van der Waals surface area contributed by atoms with E-state index in [1.54, 1.807) is 18.9 Å². The zero-order chi connectivity index (χ0) is 32.2. The van der Waals surface area contributed by atoms with Crippen LogP contribution in [0.15, 0.2) is 60.7 Å². The van der Waals surface area contributed by atoms with Gasteiger partial charge in [0.1, 0.15) is 12.3 Å². The second kappa shape index (κ2) is 14.0. The molecular formula is C33H48N6O5. The summed E-state index contributed by atoms with van der Waals surface area (Å²) in [4.78, 5) is 45.4. The maximum absolute atomic E-state index is 14.0. The van der Waals surface area contributed by atoms with E-state index in [2.05, 4.69) is 16.0 Å². The largest absolute Gasteiger partial charge is 0.442 e. The highest BCUT2D eigenvalue weighted by Gasteiger charge is 2.55. The number of hydrogen-bond donors (Lipinski definition) is 4. The van der Waals surface area contributed by atoms with Gasteiger partial charge in [-0.1, -0.05) is 57.2 Å². The van der Waals surface area contributed by atoms with Crippen molar-refractivity contribution in [3.05, 3.63) is 60.7 Å². The van der Waals surface area contributed by atoms with Crippen molar-refractivity contribution in [3.8, 4) is 0 Å². The first kappa shape index (κ1) is 33.2. The van der Waals surface area contributed by atoms with Gasteiger partial charge in [-0.3, -0.25) is 9.69 Å². The Morgan fingerprint density at radius 2 is 1.52 bits per heavy atom. The standard InChI is InChI=1S/C33H48N6O5/c1-21(2)35-31(42)38-20-26(44-32(43)39(23-14-10-8-11-15-23)24-16-12-9-13-17-24)27-25(38)18-19-37(27)30(41)28(33(4,5)6)36-29(40)22(3)34-7/h8-17,21-22,25-28,30,34,41H,18-20H2,1-7H3,(H,35,42)(H,36,40). The van der Waals surface area contributed by atoms with E-state index in [4.69, 9.17) is 4.74 Å². The third-order valence-electron chi connectivity index (χ3n) is 8.45. The predicted octanol–water partition coefficient (Wildman–Crippen LogP) is 3.66. The Balaban J connectivity index is 1.67. The van der Waals surface area contributed by atoms with Gasteiger partial charge in [0.05, 0.1) is 42.1 Å². The van der Waals surface area contributed by atoms with Crippen molar-refractivity contribution in [1.29, 1.82) is 0 Å². The highest BCUT2D eigenvalue weighted by atomic mass is 16.6. The summed E-state index contributed by atoms with van der Waals surface area (Å²) >= 11 is 0. The molecule has 11 nitrogen and oxygen atoms in total. The summed E-state index contributed by atoms with van der Waals surface area (Å²) < 4.78 is 6.28. The molecule has 6 atom stereocenters. The van der Waals surface area contributed by atoms with Gasteiger partial charge in [-0.15, -0.1) is 0 Å². The van der Waals surface area contributed by atoms with E-state index in [1.165, 1.54) is 4.90 Å². The van der Waals surface area contributed by atoms with Crippen LogP contribution >= 0.6 is 0 Å². The molecule has 44 heavy (non-hydrogen) atoms. The van der Waals surface area contributed by atoms with Crippen molar-refractivity contribution in [2.75, 3.05) is 25.0 Å². The number of anilines is 2. The normalized spacial score (nSPS) is 22.2. The Hall–Kier alpha value is -3.67. The number of para-hydroxylation sites is 2. The van der Waals surface area contributed by atoms with E-state index >= 15 is 0 Å².